The third-order valence-corrected chi connectivity index (χ3v) is 8.83. The first-order valence-corrected chi connectivity index (χ1v) is 18.4. The van der Waals surface area contributed by atoms with Crippen LogP contribution in [0.3, 0.4) is 0 Å². The Morgan fingerprint density at radius 1 is 0.492 bits per heavy atom. The first kappa shape index (κ1) is 43.8. The lowest BCUT2D eigenvalue weighted by Gasteiger charge is -2.03. The van der Waals surface area contributed by atoms with E-state index in [2.05, 4.69) is 29.0 Å². The molecule has 8 rings (SSSR count). The number of para-hydroxylation sites is 1. The number of phenols is 1. The highest BCUT2D eigenvalue weighted by Crippen LogP contribution is 2.19. The van der Waals surface area contributed by atoms with Crippen LogP contribution in [0.1, 0.15) is 68.5 Å². The minimum Gasteiger partial charge on any atom is -0.508 e. The van der Waals surface area contributed by atoms with Crippen molar-refractivity contribution in [1.29, 1.82) is 0 Å². The molecule has 294 valence electrons. The molecule has 0 saturated carbocycles. The van der Waals surface area contributed by atoms with Crippen molar-refractivity contribution in [3.8, 4) is 22.6 Å². The molecule has 9 nitrogen and oxygen atoms in total. The fourth-order valence-corrected chi connectivity index (χ4v) is 5.41. The molecule has 6 aromatic carbocycles. The van der Waals surface area contributed by atoms with Gasteiger partial charge in [-0.2, -0.15) is 0 Å². The molecule has 1 N–H and O–H groups in total. The average molecular weight is 782 g/mol. The summed E-state index contributed by atoms with van der Waals surface area (Å²) in [6.07, 6.45) is 11.1. The Morgan fingerprint density at radius 3 is 1.58 bits per heavy atom. The maximum atomic E-state index is 10.6. The van der Waals surface area contributed by atoms with Crippen LogP contribution in [0.4, 0.5) is 0 Å². The van der Waals surface area contributed by atoms with Crippen LogP contribution in [0.2, 0.25) is 0 Å². The molecule has 0 amide bonds. The van der Waals surface area contributed by atoms with Crippen molar-refractivity contribution in [2.45, 2.75) is 20.8 Å². The Kier molecular flexibility index (Phi) is 17.2. The van der Waals surface area contributed by atoms with Gasteiger partial charge in [-0.25, -0.2) is 4.98 Å². The van der Waals surface area contributed by atoms with E-state index in [9.17, 15) is 24.0 Å². The van der Waals surface area contributed by atoms with Crippen molar-refractivity contribution in [2.24, 2.45) is 0 Å². The molecule has 0 bridgehead atoms. The van der Waals surface area contributed by atoms with Crippen molar-refractivity contribution in [3.63, 3.8) is 0 Å². The second-order valence-corrected chi connectivity index (χ2v) is 12.9. The van der Waals surface area contributed by atoms with Gasteiger partial charge < -0.3 is 9.67 Å². The van der Waals surface area contributed by atoms with Crippen LogP contribution < -0.4 is 0 Å². The maximum Gasteiger partial charge on any atom is 0.150 e. The van der Waals surface area contributed by atoms with Crippen LogP contribution in [-0.2, 0) is 0 Å². The lowest BCUT2D eigenvalue weighted by Crippen LogP contribution is -1.90. The Morgan fingerprint density at radius 2 is 1.02 bits per heavy atom. The summed E-state index contributed by atoms with van der Waals surface area (Å²) in [4.78, 5) is 60.0. The third-order valence-electron chi connectivity index (χ3n) is 8.83. The fraction of sp³-hybridized carbons (Fsp3) is 0.0600. The number of pyridine rings is 1. The van der Waals surface area contributed by atoms with Gasteiger partial charge in [0.25, 0.3) is 0 Å². The van der Waals surface area contributed by atoms with Crippen molar-refractivity contribution in [3.05, 3.63) is 215 Å². The Labute approximate surface area is 343 Å². The monoisotopic (exact) mass is 781 g/mol. The van der Waals surface area contributed by atoms with Gasteiger partial charge in [-0.1, -0.05) is 78.9 Å². The Hall–Kier alpha value is -7.91. The summed E-state index contributed by atoms with van der Waals surface area (Å²) in [6, 6.07) is 44.3. The first-order chi connectivity index (χ1) is 28.7. The highest BCUT2D eigenvalue weighted by Gasteiger charge is 2.00. The Balaban J connectivity index is 0.000000164. The van der Waals surface area contributed by atoms with Crippen LogP contribution in [0, 0.1) is 20.8 Å². The van der Waals surface area contributed by atoms with Gasteiger partial charge >= 0.3 is 0 Å². The zero-order chi connectivity index (χ0) is 42.4. The van der Waals surface area contributed by atoms with E-state index in [4.69, 9.17) is 5.11 Å². The number of rotatable bonds is 7. The van der Waals surface area contributed by atoms with Gasteiger partial charge in [-0.05, 0) is 115 Å². The number of imidazole rings is 1. The minimum atomic E-state index is 0.181. The number of hydrogen-bond acceptors (Lipinski definition) is 8. The summed E-state index contributed by atoms with van der Waals surface area (Å²) in [6.45, 7) is 6.02. The molecule has 0 atom stereocenters. The molecule has 0 spiro atoms. The number of carbonyl (C=O) groups excluding carboxylic acids is 5. The van der Waals surface area contributed by atoms with E-state index in [1.807, 2.05) is 116 Å². The molecule has 0 unspecified atom stereocenters. The van der Waals surface area contributed by atoms with Crippen LogP contribution in [0.25, 0.3) is 27.7 Å². The molecule has 0 radical (unpaired) electrons. The van der Waals surface area contributed by atoms with Crippen molar-refractivity contribution in [2.75, 3.05) is 0 Å². The summed E-state index contributed by atoms with van der Waals surface area (Å²) in [5.74, 6) is 0.181. The minimum absolute atomic E-state index is 0.181. The van der Waals surface area contributed by atoms with E-state index in [-0.39, 0.29) is 5.75 Å². The predicted octanol–water partition coefficient (Wildman–Crippen LogP) is 10.5. The highest BCUT2D eigenvalue weighted by molar-refractivity contribution is 5.96. The molecule has 2 aromatic heterocycles. The van der Waals surface area contributed by atoms with Gasteiger partial charge in [0.1, 0.15) is 30.9 Å². The van der Waals surface area contributed by atoms with E-state index in [1.54, 1.807) is 49.1 Å². The summed E-state index contributed by atoms with van der Waals surface area (Å²) < 4.78 is 1.88. The standard InChI is InChI=1S/C13H10O.C10H8N2O.C10H7NO.C10H12O.C7H6O2/c14-10-11-6-8-13(9-7-11)12-4-2-1-3-5-12;13-7-9-1-3-10(4-2-9)12-6-5-11-8-12;12-7-8-5-6-11-10-4-2-1-3-9(8)10;1-7-4-9(3)10(6-11)5-8(7)2;8-5-6-1-3-7(9)4-2-6/h1-10H;1-8H;1-7H;4-6H,1-3H3;1-5,9H. The molecule has 0 fully saturated rings. The Bertz CT molecular complexity index is 2550. The average Bonchev–Trinajstić information content (AvgIpc) is 3.84. The second-order valence-electron chi connectivity index (χ2n) is 12.9. The quantitative estimate of drug-likeness (QED) is 0.158. The van der Waals surface area contributed by atoms with E-state index < -0.39 is 0 Å². The number of benzene rings is 6. The number of aromatic nitrogens is 3. The molecular formula is C50H43N3O6. The second kappa shape index (κ2) is 23.2. The summed E-state index contributed by atoms with van der Waals surface area (Å²) in [5.41, 5.74) is 11.1. The molecule has 9 heteroatoms. The number of phenolic OH excluding ortho intramolecular Hbond substituents is 1. The highest BCUT2D eigenvalue weighted by atomic mass is 16.3. The summed E-state index contributed by atoms with van der Waals surface area (Å²) in [5, 5.41) is 9.65. The number of carbonyl (C=O) groups is 5. The maximum absolute atomic E-state index is 10.6. The predicted molar refractivity (Wildman–Crippen MR) is 233 cm³/mol. The van der Waals surface area contributed by atoms with E-state index in [1.165, 1.54) is 28.8 Å². The van der Waals surface area contributed by atoms with Crippen molar-refractivity contribution >= 4 is 42.3 Å². The number of aromatic hydroxyl groups is 1. The smallest absolute Gasteiger partial charge is 0.150 e. The summed E-state index contributed by atoms with van der Waals surface area (Å²) in [7, 11) is 0. The van der Waals surface area contributed by atoms with Gasteiger partial charge in [-0.3, -0.25) is 29.0 Å². The third kappa shape index (κ3) is 13.7. The zero-order valence-corrected chi connectivity index (χ0v) is 32.9. The van der Waals surface area contributed by atoms with Crippen LogP contribution in [0.5, 0.6) is 5.75 Å². The lowest BCUT2D eigenvalue weighted by molar-refractivity contribution is 0.111. The number of fused-ring (bicyclic) bond motifs is 1. The number of aldehydes is 5. The molecule has 0 aliphatic carbocycles. The first-order valence-electron chi connectivity index (χ1n) is 18.4. The topological polar surface area (TPSA) is 136 Å². The van der Waals surface area contributed by atoms with E-state index >= 15 is 0 Å². The van der Waals surface area contributed by atoms with Gasteiger partial charge in [0, 0.05) is 57.5 Å². The SMILES string of the molecule is Cc1cc(C)c(C=O)cc1C.O=Cc1ccc(-c2ccccc2)cc1.O=Cc1ccc(-n2ccnc2)cc1.O=Cc1ccc(O)cc1.O=Cc1ccnc2ccccc12. The van der Waals surface area contributed by atoms with Gasteiger partial charge in [-0.15, -0.1) is 0 Å². The molecule has 0 aliphatic rings. The van der Waals surface area contributed by atoms with Crippen molar-refractivity contribution in [1.82, 2.24) is 14.5 Å². The number of aryl methyl sites for hydroxylation is 3. The van der Waals surface area contributed by atoms with E-state index in [0.29, 0.717) is 22.3 Å². The summed E-state index contributed by atoms with van der Waals surface area (Å²) >= 11 is 0. The zero-order valence-electron chi connectivity index (χ0n) is 32.9. The normalized spacial score (nSPS) is 9.68. The van der Waals surface area contributed by atoms with Crippen LogP contribution >= 0.6 is 0 Å². The molecule has 8 aromatic rings. The van der Waals surface area contributed by atoms with Crippen LogP contribution in [0.15, 0.2) is 171 Å². The molecule has 0 saturated heterocycles. The number of hydrogen-bond donors (Lipinski definition) is 1. The van der Waals surface area contributed by atoms with Gasteiger partial charge in [0.2, 0.25) is 0 Å². The lowest BCUT2D eigenvalue weighted by atomic mass is 10.0. The molecule has 59 heavy (non-hydrogen) atoms. The van der Waals surface area contributed by atoms with Gasteiger partial charge in [0.05, 0.1) is 11.8 Å². The largest absolute Gasteiger partial charge is 0.508 e. The van der Waals surface area contributed by atoms with Crippen molar-refractivity contribution < 1.29 is 29.1 Å². The fourth-order valence-electron chi connectivity index (χ4n) is 5.41. The van der Waals surface area contributed by atoms with Gasteiger partial charge in [0.15, 0.2) is 6.29 Å². The molecule has 0 aliphatic heterocycles. The van der Waals surface area contributed by atoms with Crippen LogP contribution in [-0.4, -0.2) is 51.1 Å². The molecular weight excluding hydrogens is 739 g/mol. The van der Waals surface area contributed by atoms with E-state index in [0.717, 1.165) is 64.7 Å². The number of nitrogens with zero attached hydrogens (tertiary/aromatic N) is 3. The molecule has 2 heterocycles.